The van der Waals surface area contributed by atoms with Crippen molar-refractivity contribution in [3.8, 4) is 11.5 Å². The number of carboxylic acid groups (broad SMARTS) is 1. The number of β-lactam (4-membered cyclic amide) rings is 1. The molecule has 10 nitrogen and oxygen atoms in total. The van der Waals surface area contributed by atoms with Gasteiger partial charge in [0.1, 0.15) is 17.5 Å². The number of piperidine rings is 1. The summed E-state index contributed by atoms with van der Waals surface area (Å²) in [4.78, 5) is 55.0. The number of aryl methyl sites for hydroxylation is 1. The summed E-state index contributed by atoms with van der Waals surface area (Å²) in [6, 6.07) is 11.5. The van der Waals surface area contributed by atoms with Crippen molar-refractivity contribution in [1.29, 1.82) is 0 Å². The molecule has 3 aliphatic rings. The van der Waals surface area contributed by atoms with Crippen molar-refractivity contribution in [3.05, 3.63) is 59.7 Å². The van der Waals surface area contributed by atoms with E-state index in [-0.39, 0.29) is 5.75 Å². The summed E-state index contributed by atoms with van der Waals surface area (Å²) in [6.45, 7) is 11.5. The first kappa shape index (κ1) is 32.3. The quantitative estimate of drug-likeness (QED) is 0.198. The number of nitrogens with one attached hydrogen (secondary N) is 1. The van der Waals surface area contributed by atoms with E-state index in [9.17, 15) is 24.3 Å². The molecule has 2 aromatic carbocycles. The first-order valence-corrected chi connectivity index (χ1v) is 15.5. The summed E-state index contributed by atoms with van der Waals surface area (Å²) in [5.74, 6) is -3.96. The number of ether oxygens (including phenoxy) is 2. The Morgan fingerprint density at radius 2 is 1.74 bits per heavy atom. The molecule has 5 rings (SSSR count). The SMILES string of the molecule is CCN1CCCCC1.COc1cc(C)ccc1OC(=O)C(C(=O)NC1C(=O)N2C1SC(C)(C)C2C(=O)O)c1ccccc1. The average molecular weight is 612 g/mol. The third-order valence-corrected chi connectivity index (χ3v) is 9.60. The molecule has 0 aliphatic carbocycles. The first-order valence-electron chi connectivity index (χ1n) is 14.6. The van der Waals surface area contributed by atoms with E-state index >= 15 is 0 Å². The number of amides is 2. The van der Waals surface area contributed by atoms with Gasteiger partial charge in [-0.2, -0.15) is 0 Å². The second-order valence-corrected chi connectivity index (χ2v) is 13.3. The smallest absolute Gasteiger partial charge is 0.328 e. The number of thioether (sulfide) groups is 1. The lowest BCUT2D eigenvalue weighted by Crippen LogP contribution is -2.71. The van der Waals surface area contributed by atoms with Crippen LogP contribution >= 0.6 is 11.8 Å². The van der Waals surface area contributed by atoms with Gasteiger partial charge in [-0.1, -0.05) is 49.7 Å². The van der Waals surface area contributed by atoms with Crippen molar-refractivity contribution >= 4 is 35.5 Å². The number of carbonyl (C=O) groups is 4. The molecule has 4 unspecified atom stereocenters. The Hall–Kier alpha value is -3.57. The van der Waals surface area contributed by atoms with Crippen LogP contribution in [0.1, 0.15) is 57.1 Å². The lowest BCUT2D eigenvalue weighted by Gasteiger charge is -2.43. The zero-order chi connectivity index (χ0) is 31.3. The monoisotopic (exact) mass is 611 g/mol. The lowest BCUT2D eigenvalue weighted by molar-refractivity contribution is -0.161. The number of esters is 1. The maximum atomic E-state index is 13.4. The molecule has 2 amide bonds. The van der Waals surface area contributed by atoms with Crippen LogP contribution in [0.4, 0.5) is 0 Å². The number of hydrogen-bond donors (Lipinski definition) is 2. The second kappa shape index (κ2) is 13.8. The van der Waals surface area contributed by atoms with Gasteiger partial charge in [0.15, 0.2) is 17.4 Å². The van der Waals surface area contributed by atoms with E-state index in [1.165, 1.54) is 62.7 Å². The third-order valence-electron chi connectivity index (χ3n) is 8.03. The van der Waals surface area contributed by atoms with Gasteiger partial charge in [0, 0.05) is 4.75 Å². The van der Waals surface area contributed by atoms with Gasteiger partial charge in [-0.3, -0.25) is 14.4 Å². The van der Waals surface area contributed by atoms with Gasteiger partial charge in [0.25, 0.3) is 0 Å². The van der Waals surface area contributed by atoms with Gasteiger partial charge in [0.05, 0.1) is 7.11 Å². The number of likely N-dealkylation sites (tertiary alicyclic amines) is 1. The van der Waals surface area contributed by atoms with Crippen molar-refractivity contribution in [2.45, 2.75) is 75.1 Å². The van der Waals surface area contributed by atoms with Gasteiger partial charge in [0.2, 0.25) is 11.8 Å². The number of fused-ring (bicyclic) bond motifs is 1. The molecular weight excluding hydrogens is 570 g/mol. The van der Waals surface area contributed by atoms with Crippen LogP contribution in [-0.2, 0) is 19.2 Å². The molecule has 43 heavy (non-hydrogen) atoms. The first-order chi connectivity index (χ1) is 20.5. The van der Waals surface area contributed by atoms with Gasteiger partial charge in [-0.15, -0.1) is 11.8 Å². The molecule has 3 saturated heterocycles. The van der Waals surface area contributed by atoms with Crippen molar-refractivity contribution < 1.29 is 33.8 Å². The fraction of sp³-hybridized carbons (Fsp3) is 0.500. The van der Waals surface area contributed by atoms with Crippen molar-refractivity contribution in [3.63, 3.8) is 0 Å². The molecule has 3 fully saturated rings. The summed E-state index contributed by atoms with van der Waals surface area (Å²) >= 11 is 1.31. The largest absolute Gasteiger partial charge is 0.493 e. The fourth-order valence-electron chi connectivity index (χ4n) is 5.72. The van der Waals surface area contributed by atoms with Gasteiger partial charge in [-0.05, 0) is 76.5 Å². The Bertz CT molecular complexity index is 1330. The van der Waals surface area contributed by atoms with E-state index in [0.717, 1.165) is 5.56 Å². The Balaban J connectivity index is 0.000000458. The van der Waals surface area contributed by atoms with Gasteiger partial charge in [-0.25, -0.2) is 4.79 Å². The highest BCUT2D eigenvalue weighted by atomic mass is 32.2. The van der Waals surface area contributed by atoms with Gasteiger partial charge >= 0.3 is 11.9 Å². The van der Waals surface area contributed by atoms with E-state index in [2.05, 4.69) is 17.1 Å². The van der Waals surface area contributed by atoms with Crippen molar-refractivity contribution in [2.75, 3.05) is 26.7 Å². The molecule has 2 N–H and O–H groups in total. The van der Waals surface area contributed by atoms with E-state index in [4.69, 9.17) is 9.47 Å². The highest BCUT2D eigenvalue weighted by Gasteiger charge is 2.64. The predicted octanol–water partition coefficient (Wildman–Crippen LogP) is 3.82. The molecule has 0 saturated carbocycles. The van der Waals surface area contributed by atoms with Crippen LogP contribution in [0, 0.1) is 6.92 Å². The van der Waals surface area contributed by atoms with Crippen molar-refractivity contribution in [2.24, 2.45) is 0 Å². The maximum Gasteiger partial charge on any atom is 0.328 e. The number of hydrogen-bond acceptors (Lipinski definition) is 8. The van der Waals surface area contributed by atoms with E-state index in [1.54, 1.807) is 62.4 Å². The highest BCUT2D eigenvalue weighted by Crippen LogP contribution is 2.50. The molecule has 0 bridgehead atoms. The van der Waals surface area contributed by atoms with Crippen LogP contribution < -0.4 is 14.8 Å². The average Bonchev–Trinajstić information content (AvgIpc) is 3.26. The molecular formula is C32H41N3O7S. The highest BCUT2D eigenvalue weighted by molar-refractivity contribution is 8.01. The number of rotatable bonds is 8. The Morgan fingerprint density at radius 1 is 1.07 bits per heavy atom. The fourth-order valence-corrected chi connectivity index (χ4v) is 7.35. The molecule has 0 spiro atoms. The molecule has 0 radical (unpaired) electrons. The van der Waals surface area contributed by atoms with E-state index < -0.39 is 51.9 Å². The van der Waals surface area contributed by atoms with Crippen LogP contribution in [0.25, 0.3) is 0 Å². The van der Waals surface area contributed by atoms with Crippen LogP contribution in [0.15, 0.2) is 48.5 Å². The van der Waals surface area contributed by atoms with Crippen molar-refractivity contribution in [1.82, 2.24) is 15.1 Å². The van der Waals surface area contributed by atoms with E-state index in [0.29, 0.717) is 11.3 Å². The van der Waals surface area contributed by atoms with Crippen LogP contribution in [-0.4, -0.2) is 87.6 Å². The Kier molecular flexibility index (Phi) is 10.4. The Morgan fingerprint density at radius 3 is 2.33 bits per heavy atom. The van der Waals surface area contributed by atoms with Gasteiger partial charge < -0.3 is 29.7 Å². The summed E-state index contributed by atoms with van der Waals surface area (Å²) in [6.07, 6.45) is 4.30. The predicted molar refractivity (Wildman–Crippen MR) is 164 cm³/mol. The summed E-state index contributed by atoms with van der Waals surface area (Å²) in [5.41, 5.74) is 1.30. The number of carboxylic acids is 1. The zero-order valence-corrected chi connectivity index (χ0v) is 26.2. The van der Waals surface area contributed by atoms with E-state index in [1.807, 2.05) is 6.92 Å². The van der Waals surface area contributed by atoms with Crippen LogP contribution in [0.3, 0.4) is 0 Å². The standard InChI is InChI=1S/C25H26N2O7S.C7H15N/c1-13-10-11-15(16(12-13)33-4)34-24(32)17(14-8-6-5-7-9-14)20(28)26-18-21(29)27-19(23(30)31)25(2,3)35-22(18)27;1-2-8-6-4-3-5-7-8/h5-12,17-19,22H,1-4H3,(H,26,28)(H,30,31);2-7H2,1H3. The minimum atomic E-state index is -1.35. The normalized spacial score (nSPS) is 23.1. The second-order valence-electron chi connectivity index (χ2n) is 11.5. The molecule has 4 atom stereocenters. The molecule has 3 heterocycles. The molecule has 2 aromatic rings. The summed E-state index contributed by atoms with van der Waals surface area (Å²) in [5, 5.41) is 11.7. The minimum absolute atomic E-state index is 0.167. The number of aliphatic carboxylic acids is 1. The topological polar surface area (TPSA) is 125 Å². The zero-order valence-electron chi connectivity index (χ0n) is 25.4. The minimum Gasteiger partial charge on any atom is -0.493 e. The third kappa shape index (κ3) is 7.15. The van der Waals surface area contributed by atoms with Crippen LogP contribution in [0.5, 0.6) is 11.5 Å². The summed E-state index contributed by atoms with van der Waals surface area (Å²) < 4.78 is 10.1. The lowest BCUT2D eigenvalue weighted by atomic mass is 9.94. The maximum absolute atomic E-state index is 13.4. The van der Waals surface area contributed by atoms with Crippen LogP contribution in [0.2, 0.25) is 0 Å². The number of carbonyl (C=O) groups excluding carboxylic acids is 3. The molecule has 3 aliphatic heterocycles. The molecule has 232 valence electrons. The summed E-state index contributed by atoms with van der Waals surface area (Å²) in [7, 11) is 1.45. The molecule has 0 aromatic heterocycles. The Labute approximate surface area is 257 Å². The molecule has 11 heteroatoms. The number of nitrogens with zero attached hydrogens (tertiary/aromatic N) is 2. The number of methoxy groups -OCH3 is 1. The number of benzene rings is 2.